The van der Waals surface area contributed by atoms with Crippen molar-refractivity contribution in [3.8, 4) is 11.5 Å². The van der Waals surface area contributed by atoms with Crippen LogP contribution >= 0.6 is 0 Å². The van der Waals surface area contributed by atoms with E-state index in [-0.39, 0.29) is 11.9 Å². The molecule has 0 saturated carbocycles. The Morgan fingerprint density at radius 3 is 2.69 bits per heavy atom. The van der Waals surface area contributed by atoms with Crippen LogP contribution < -0.4 is 10.6 Å². The van der Waals surface area contributed by atoms with Gasteiger partial charge in [0.25, 0.3) is 11.8 Å². The number of para-hydroxylation sites is 1. The zero-order valence-corrected chi connectivity index (χ0v) is 19.5. The van der Waals surface area contributed by atoms with Crippen LogP contribution in [-0.2, 0) is 11.2 Å². The molecule has 1 aliphatic heterocycles. The second-order valence-corrected chi connectivity index (χ2v) is 8.47. The van der Waals surface area contributed by atoms with Gasteiger partial charge < -0.3 is 15.1 Å². The van der Waals surface area contributed by atoms with Gasteiger partial charge in [-0.15, -0.1) is 5.10 Å². The molecule has 36 heavy (non-hydrogen) atoms. The predicted molar refractivity (Wildman–Crippen MR) is 137 cm³/mol. The molecule has 1 aliphatic rings. The molecule has 4 heterocycles. The molecule has 0 unspecified atom stereocenters. The molecular formula is C27H23N7O2. The van der Waals surface area contributed by atoms with Crippen LogP contribution in [0.5, 0.6) is 0 Å². The number of pyridine rings is 1. The van der Waals surface area contributed by atoms with Gasteiger partial charge in [0.1, 0.15) is 0 Å². The van der Waals surface area contributed by atoms with Crippen molar-refractivity contribution in [3.63, 3.8) is 0 Å². The number of anilines is 2. The van der Waals surface area contributed by atoms with E-state index in [9.17, 15) is 4.79 Å². The number of nitrogens with one attached hydrogen (secondary N) is 2. The number of benzene rings is 2. The summed E-state index contributed by atoms with van der Waals surface area (Å²) in [5.74, 6) is -0.00465. The molecule has 178 valence electrons. The lowest BCUT2D eigenvalue weighted by molar-refractivity contribution is -0.116. The van der Waals surface area contributed by atoms with Gasteiger partial charge in [-0.05, 0) is 24.1 Å². The number of benzodiazepines with no additional fused rings is 1. The van der Waals surface area contributed by atoms with Crippen molar-refractivity contribution in [2.75, 3.05) is 10.6 Å². The molecule has 0 saturated heterocycles. The molecule has 0 aliphatic carbocycles. The standard InChI is InChI=1S/C27H23N7O2/c1-2-9-18-12-8-15-34-23(18)20(16-28-34)26-32-33-27(36-26)31-24-25(35)29-21-14-7-6-13-19(21)22(30-24)17-10-4-3-5-11-17/h3-8,10-16,24H,2,9H2,1H3,(H,29,35)(H,31,33)/t24-/m1/s1. The van der Waals surface area contributed by atoms with Crippen LogP contribution in [0, 0.1) is 0 Å². The average molecular weight is 478 g/mol. The Bertz CT molecular complexity index is 1590. The van der Waals surface area contributed by atoms with Crippen LogP contribution in [0.2, 0.25) is 0 Å². The topological polar surface area (TPSA) is 110 Å². The average Bonchev–Trinajstić information content (AvgIpc) is 3.52. The monoisotopic (exact) mass is 477 g/mol. The first-order chi connectivity index (χ1) is 17.7. The van der Waals surface area contributed by atoms with Gasteiger partial charge in [-0.3, -0.25) is 4.79 Å². The van der Waals surface area contributed by atoms with Gasteiger partial charge >= 0.3 is 6.01 Å². The number of aromatic nitrogens is 4. The van der Waals surface area contributed by atoms with Crippen molar-refractivity contribution in [2.24, 2.45) is 4.99 Å². The highest BCUT2D eigenvalue weighted by Crippen LogP contribution is 2.29. The highest BCUT2D eigenvalue weighted by atomic mass is 16.4. The van der Waals surface area contributed by atoms with E-state index in [4.69, 9.17) is 9.41 Å². The first-order valence-corrected chi connectivity index (χ1v) is 11.8. The Balaban J connectivity index is 1.35. The van der Waals surface area contributed by atoms with Gasteiger partial charge in [-0.1, -0.05) is 73.0 Å². The van der Waals surface area contributed by atoms with Crippen molar-refractivity contribution in [1.82, 2.24) is 19.8 Å². The van der Waals surface area contributed by atoms with Gasteiger partial charge in [0.2, 0.25) is 6.17 Å². The molecule has 1 atom stereocenters. The van der Waals surface area contributed by atoms with E-state index in [2.05, 4.69) is 38.9 Å². The maximum Gasteiger partial charge on any atom is 0.317 e. The van der Waals surface area contributed by atoms with Crippen molar-refractivity contribution < 1.29 is 9.21 Å². The molecule has 0 bridgehead atoms. The van der Waals surface area contributed by atoms with Gasteiger partial charge in [0.15, 0.2) is 0 Å². The third kappa shape index (κ3) is 3.90. The summed E-state index contributed by atoms with van der Waals surface area (Å²) in [5.41, 5.74) is 5.94. The zero-order chi connectivity index (χ0) is 24.5. The Morgan fingerprint density at radius 2 is 1.83 bits per heavy atom. The van der Waals surface area contributed by atoms with Crippen LogP contribution in [0.15, 0.2) is 88.5 Å². The Morgan fingerprint density at radius 1 is 1.00 bits per heavy atom. The fourth-order valence-corrected chi connectivity index (χ4v) is 4.43. The first kappa shape index (κ1) is 21.7. The fraction of sp³-hybridized carbons (Fsp3) is 0.148. The fourth-order valence-electron chi connectivity index (χ4n) is 4.43. The van der Waals surface area contributed by atoms with Crippen molar-refractivity contribution in [2.45, 2.75) is 25.9 Å². The number of rotatable bonds is 6. The number of carbonyl (C=O) groups excluding carboxylic acids is 1. The molecule has 6 rings (SSSR count). The maximum absolute atomic E-state index is 13.1. The van der Waals surface area contributed by atoms with Crippen molar-refractivity contribution >= 4 is 28.8 Å². The van der Waals surface area contributed by atoms with E-state index in [0.717, 1.165) is 40.6 Å². The number of hydrogen-bond donors (Lipinski definition) is 2. The SMILES string of the molecule is CCCc1cccn2ncc(-c3nnc(N[C@H]4N=C(c5ccccc5)c5ccccc5NC4=O)o3)c12. The summed E-state index contributed by atoms with van der Waals surface area (Å²) in [4.78, 5) is 17.9. The quantitative estimate of drug-likeness (QED) is 0.371. The van der Waals surface area contributed by atoms with Crippen molar-refractivity contribution in [3.05, 3.63) is 95.8 Å². The van der Waals surface area contributed by atoms with Crippen LogP contribution in [0.4, 0.5) is 11.7 Å². The first-order valence-electron chi connectivity index (χ1n) is 11.8. The number of hydrogen-bond acceptors (Lipinski definition) is 7. The number of aliphatic imine (C=N–C) groups is 1. The number of amides is 1. The van der Waals surface area contributed by atoms with Crippen LogP contribution in [0.25, 0.3) is 17.0 Å². The molecule has 9 nitrogen and oxygen atoms in total. The van der Waals surface area contributed by atoms with E-state index < -0.39 is 6.17 Å². The van der Waals surface area contributed by atoms with E-state index in [0.29, 0.717) is 17.3 Å². The van der Waals surface area contributed by atoms with E-state index >= 15 is 0 Å². The molecule has 0 spiro atoms. The summed E-state index contributed by atoms with van der Waals surface area (Å²) in [6.45, 7) is 2.13. The number of carbonyl (C=O) groups is 1. The minimum absolute atomic E-state index is 0.0968. The smallest absolute Gasteiger partial charge is 0.317 e. The predicted octanol–water partition coefficient (Wildman–Crippen LogP) is 4.56. The summed E-state index contributed by atoms with van der Waals surface area (Å²) in [7, 11) is 0. The lowest BCUT2D eigenvalue weighted by Gasteiger charge is -2.11. The molecule has 2 N–H and O–H groups in total. The molecule has 2 aromatic carbocycles. The normalized spacial score (nSPS) is 15.2. The Labute approximate surface area is 206 Å². The Kier molecular flexibility index (Phi) is 5.49. The van der Waals surface area contributed by atoms with Crippen LogP contribution in [-0.4, -0.2) is 37.6 Å². The lowest BCUT2D eigenvalue weighted by atomic mass is 10.0. The van der Waals surface area contributed by atoms with Gasteiger partial charge in [-0.25, -0.2) is 9.51 Å². The zero-order valence-electron chi connectivity index (χ0n) is 19.5. The molecule has 1 amide bonds. The summed E-state index contributed by atoms with van der Waals surface area (Å²) in [6, 6.07) is 21.5. The number of fused-ring (bicyclic) bond motifs is 2. The highest BCUT2D eigenvalue weighted by molar-refractivity contribution is 6.19. The van der Waals surface area contributed by atoms with Crippen LogP contribution in [0.3, 0.4) is 0 Å². The molecule has 0 fully saturated rings. The second-order valence-electron chi connectivity index (χ2n) is 8.47. The molecule has 3 aromatic heterocycles. The van der Waals surface area contributed by atoms with Gasteiger partial charge in [0.05, 0.1) is 28.7 Å². The number of aryl methyl sites for hydroxylation is 1. The highest BCUT2D eigenvalue weighted by Gasteiger charge is 2.27. The van der Waals surface area contributed by atoms with Crippen LogP contribution in [0.1, 0.15) is 30.0 Å². The summed E-state index contributed by atoms with van der Waals surface area (Å²) in [5, 5.41) is 18.8. The summed E-state index contributed by atoms with van der Waals surface area (Å²) >= 11 is 0. The van der Waals surface area contributed by atoms with Crippen molar-refractivity contribution in [1.29, 1.82) is 0 Å². The van der Waals surface area contributed by atoms with Gasteiger partial charge in [-0.2, -0.15) is 5.10 Å². The molecular weight excluding hydrogens is 454 g/mol. The lowest BCUT2D eigenvalue weighted by Crippen LogP contribution is -2.32. The maximum atomic E-state index is 13.1. The van der Waals surface area contributed by atoms with Gasteiger partial charge in [0, 0.05) is 17.3 Å². The summed E-state index contributed by atoms with van der Waals surface area (Å²) in [6.07, 6.45) is 4.54. The minimum Gasteiger partial charge on any atom is -0.403 e. The largest absolute Gasteiger partial charge is 0.403 e. The third-order valence-electron chi connectivity index (χ3n) is 6.05. The number of nitrogens with zero attached hydrogens (tertiary/aromatic N) is 5. The Hall–Kier alpha value is -4.79. The third-order valence-corrected chi connectivity index (χ3v) is 6.05. The summed E-state index contributed by atoms with van der Waals surface area (Å²) < 4.78 is 7.75. The van der Waals surface area contributed by atoms with E-state index in [1.807, 2.05) is 71.4 Å². The molecule has 0 radical (unpaired) electrons. The van der Waals surface area contributed by atoms with E-state index in [1.54, 1.807) is 6.20 Å². The second kappa shape index (κ2) is 9.10. The van der Waals surface area contributed by atoms with E-state index in [1.165, 1.54) is 0 Å². The molecule has 5 aromatic rings. The minimum atomic E-state index is -0.972. The molecule has 9 heteroatoms.